The molecule has 0 fully saturated rings. The van der Waals surface area contributed by atoms with Crippen LogP contribution in [0.2, 0.25) is 0 Å². The summed E-state index contributed by atoms with van der Waals surface area (Å²) in [6.07, 6.45) is -1.63. The van der Waals surface area contributed by atoms with Gasteiger partial charge in [0.15, 0.2) is 0 Å². The molecule has 0 atom stereocenters. The molecule has 0 N–H and O–H groups in total. The number of hydrogen-bond donors (Lipinski definition) is 0. The summed E-state index contributed by atoms with van der Waals surface area (Å²) in [7, 11) is 0. The van der Waals surface area contributed by atoms with Crippen LogP contribution < -0.4 is 0 Å². The van der Waals surface area contributed by atoms with Crippen molar-refractivity contribution in [1.82, 2.24) is 0 Å². The van der Waals surface area contributed by atoms with Gasteiger partial charge >= 0.3 is 6.18 Å². The average Bonchev–Trinajstić information content (AvgIpc) is 2.45. The molecular weight excluding hydrogens is 347 g/mol. The molecule has 0 aromatic heterocycles. The first-order valence-electron chi connectivity index (χ1n) is 5.95. The Kier molecular flexibility index (Phi) is 5.01. The van der Waals surface area contributed by atoms with Crippen LogP contribution in [0.5, 0.6) is 0 Å². The summed E-state index contributed by atoms with van der Waals surface area (Å²) in [5, 5.41) is 3.67. The molecule has 109 valence electrons. The Balaban J connectivity index is 1.91. The Hall–Kier alpha value is -1.82. The van der Waals surface area contributed by atoms with Crippen molar-refractivity contribution in [2.45, 2.75) is 12.8 Å². The number of hydrogen-bond acceptors (Lipinski definition) is 2. The molecule has 0 bridgehead atoms. The van der Waals surface area contributed by atoms with E-state index in [9.17, 15) is 13.2 Å². The van der Waals surface area contributed by atoms with Gasteiger partial charge in [-0.2, -0.15) is 13.2 Å². The SMILES string of the molecule is FC(F)(F)c1ccc(CO/N=[C]\c2ccccc2Br)cc1. The van der Waals surface area contributed by atoms with Crippen molar-refractivity contribution in [2.75, 3.05) is 0 Å². The van der Waals surface area contributed by atoms with Crippen molar-refractivity contribution in [2.24, 2.45) is 5.16 Å². The predicted molar refractivity (Wildman–Crippen MR) is 76.9 cm³/mol. The molecule has 2 aromatic carbocycles. The summed E-state index contributed by atoms with van der Waals surface area (Å²) in [6.45, 7) is 0.0790. The lowest BCUT2D eigenvalue weighted by molar-refractivity contribution is -0.137. The second kappa shape index (κ2) is 6.76. The number of halogens is 4. The molecule has 0 saturated carbocycles. The van der Waals surface area contributed by atoms with Crippen LogP contribution in [0.15, 0.2) is 58.2 Å². The molecule has 0 aliphatic carbocycles. The fourth-order valence-electron chi connectivity index (χ4n) is 1.53. The minimum absolute atomic E-state index is 0.0790. The summed E-state index contributed by atoms with van der Waals surface area (Å²) in [6, 6.07) is 12.1. The summed E-state index contributed by atoms with van der Waals surface area (Å²) >= 11 is 3.34. The maximum Gasteiger partial charge on any atom is 0.416 e. The number of benzene rings is 2. The highest BCUT2D eigenvalue weighted by Gasteiger charge is 2.29. The first-order valence-corrected chi connectivity index (χ1v) is 6.75. The van der Waals surface area contributed by atoms with E-state index in [1.807, 2.05) is 18.2 Å². The zero-order valence-corrected chi connectivity index (χ0v) is 12.3. The normalized spacial score (nSPS) is 11.8. The molecule has 0 spiro atoms. The lowest BCUT2D eigenvalue weighted by Crippen LogP contribution is -2.04. The summed E-state index contributed by atoms with van der Waals surface area (Å²) < 4.78 is 38.0. The first kappa shape index (κ1) is 15.6. The molecular formula is C15H10BrF3NO. The quantitative estimate of drug-likeness (QED) is 0.564. The molecule has 0 heterocycles. The third-order valence-corrected chi connectivity index (χ3v) is 3.31. The van der Waals surface area contributed by atoms with Crippen molar-refractivity contribution in [3.63, 3.8) is 0 Å². The standard InChI is InChI=1S/C15H10BrF3NO/c16-14-4-2-1-3-12(14)9-20-21-10-11-5-7-13(8-6-11)15(17,18)19/h1-8H,10H2. The number of nitrogens with zero attached hydrogens (tertiary/aromatic N) is 1. The third kappa shape index (κ3) is 4.60. The van der Waals surface area contributed by atoms with Gasteiger partial charge in [-0.3, -0.25) is 0 Å². The van der Waals surface area contributed by atoms with Crippen molar-refractivity contribution < 1.29 is 18.0 Å². The zero-order chi connectivity index (χ0) is 15.3. The maximum absolute atomic E-state index is 12.4. The van der Waals surface area contributed by atoms with E-state index in [2.05, 4.69) is 27.3 Å². The molecule has 0 aliphatic rings. The van der Waals surface area contributed by atoms with Gasteiger partial charge in [0.2, 0.25) is 0 Å². The predicted octanol–water partition coefficient (Wildman–Crippen LogP) is 4.90. The van der Waals surface area contributed by atoms with Crippen molar-refractivity contribution in [1.29, 1.82) is 0 Å². The van der Waals surface area contributed by atoms with Gasteiger partial charge in [0.25, 0.3) is 0 Å². The Labute approximate surface area is 128 Å². The highest BCUT2D eigenvalue weighted by Crippen LogP contribution is 2.29. The van der Waals surface area contributed by atoms with Gasteiger partial charge in [-0.15, -0.1) is 0 Å². The van der Waals surface area contributed by atoms with E-state index >= 15 is 0 Å². The van der Waals surface area contributed by atoms with Gasteiger partial charge in [-0.1, -0.05) is 51.4 Å². The van der Waals surface area contributed by atoms with Gasteiger partial charge in [0, 0.05) is 10.0 Å². The van der Waals surface area contributed by atoms with E-state index in [1.54, 1.807) is 6.07 Å². The van der Waals surface area contributed by atoms with Crippen molar-refractivity contribution in [3.8, 4) is 0 Å². The smallest absolute Gasteiger partial charge is 0.390 e. The lowest BCUT2D eigenvalue weighted by Gasteiger charge is -2.06. The van der Waals surface area contributed by atoms with Crippen LogP contribution in [-0.4, -0.2) is 6.21 Å². The summed E-state index contributed by atoms with van der Waals surface area (Å²) in [5.41, 5.74) is 0.639. The van der Waals surface area contributed by atoms with E-state index in [1.165, 1.54) is 12.1 Å². The molecule has 0 aliphatic heterocycles. The van der Waals surface area contributed by atoms with Crippen LogP contribution in [-0.2, 0) is 17.6 Å². The minimum Gasteiger partial charge on any atom is -0.390 e. The van der Waals surface area contributed by atoms with Crippen molar-refractivity contribution in [3.05, 3.63) is 69.7 Å². The average molecular weight is 357 g/mol. The topological polar surface area (TPSA) is 21.6 Å². The van der Waals surface area contributed by atoms with Crippen LogP contribution in [0, 0.1) is 0 Å². The van der Waals surface area contributed by atoms with E-state index in [-0.39, 0.29) is 6.61 Å². The maximum atomic E-state index is 12.4. The number of rotatable bonds is 4. The highest BCUT2D eigenvalue weighted by molar-refractivity contribution is 9.10. The Morgan fingerprint density at radius 1 is 1.05 bits per heavy atom. The van der Waals surface area contributed by atoms with Gasteiger partial charge in [0.05, 0.1) is 5.56 Å². The molecule has 0 saturated heterocycles. The summed E-state index contributed by atoms with van der Waals surface area (Å²) in [4.78, 5) is 5.02. The molecule has 6 heteroatoms. The van der Waals surface area contributed by atoms with E-state index in [0.717, 1.165) is 22.2 Å². The highest BCUT2D eigenvalue weighted by atomic mass is 79.9. The largest absolute Gasteiger partial charge is 0.416 e. The second-order valence-electron chi connectivity index (χ2n) is 4.15. The first-order chi connectivity index (χ1) is 9.97. The minimum atomic E-state index is -4.33. The Morgan fingerprint density at radius 3 is 2.33 bits per heavy atom. The van der Waals surface area contributed by atoms with Crippen LogP contribution >= 0.6 is 15.9 Å². The summed E-state index contributed by atoms with van der Waals surface area (Å²) in [5.74, 6) is 0. The third-order valence-electron chi connectivity index (χ3n) is 2.62. The van der Waals surface area contributed by atoms with Gasteiger partial charge < -0.3 is 4.84 Å². The second-order valence-corrected chi connectivity index (χ2v) is 5.01. The fraction of sp³-hybridized carbons (Fsp3) is 0.133. The molecule has 0 amide bonds. The van der Waals surface area contributed by atoms with Gasteiger partial charge in [-0.25, -0.2) is 0 Å². The fourth-order valence-corrected chi connectivity index (χ4v) is 1.90. The van der Waals surface area contributed by atoms with Crippen LogP contribution in [0.3, 0.4) is 0 Å². The molecule has 2 nitrogen and oxygen atoms in total. The molecule has 0 unspecified atom stereocenters. The van der Waals surface area contributed by atoms with Crippen LogP contribution in [0.4, 0.5) is 13.2 Å². The monoisotopic (exact) mass is 356 g/mol. The zero-order valence-electron chi connectivity index (χ0n) is 10.7. The number of alkyl halides is 3. The van der Waals surface area contributed by atoms with Crippen LogP contribution in [0.25, 0.3) is 0 Å². The lowest BCUT2D eigenvalue weighted by atomic mass is 10.1. The molecule has 2 rings (SSSR count). The Bertz CT molecular complexity index is 624. The van der Waals surface area contributed by atoms with Gasteiger partial charge in [-0.05, 0) is 23.8 Å². The molecule has 2 aromatic rings. The molecule has 1 radical (unpaired) electrons. The van der Waals surface area contributed by atoms with E-state index in [0.29, 0.717) is 5.56 Å². The molecule has 21 heavy (non-hydrogen) atoms. The van der Waals surface area contributed by atoms with E-state index < -0.39 is 11.7 Å². The Morgan fingerprint density at radius 2 is 1.71 bits per heavy atom. The van der Waals surface area contributed by atoms with Gasteiger partial charge in [0.1, 0.15) is 12.8 Å². The van der Waals surface area contributed by atoms with E-state index in [4.69, 9.17) is 4.84 Å². The van der Waals surface area contributed by atoms with Crippen molar-refractivity contribution >= 4 is 22.1 Å². The van der Waals surface area contributed by atoms with Crippen LogP contribution in [0.1, 0.15) is 16.7 Å².